The molecule has 3 aromatic carbocycles. The van der Waals surface area contributed by atoms with Crippen molar-refractivity contribution in [2.45, 2.75) is 18.9 Å². The molecule has 168 valence electrons. The molecule has 1 amide bonds. The number of aromatic nitrogens is 2. The van der Waals surface area contributed by atoms with E-state index in [2.05, 4.69) is 10.6 Å². The fourth-order valence-electron chi connectivity index (χ4n) is 4.47. The van der Waals surface area contributed by atoms with Crippen molar-refractivity contribution in [1.29, 1.82) is 0 Å². The second-order valence-corrected chi connectivity index (χ2v) is 8.55. The maximum atomic E-state index is 13.1. The number of hydrogen-bond acceptors (Lipinski definition) is 4. The molecular formula is C26H24ClN3O3. The molecule has 0 N–H and O–H groups in total. The van der Waals surface area contributed by atoms with Gasteiger partial charge in [-0.3, -0.25) is 4.79 Å². The maximum Gasteiger partial charge on any atom is 0.227 e. The van der Waals surface area contributed by atoms with Crippen LogP contribution in [-0.4, -0.2) is 36.2 Å². The van der Waals surface area contributed by atoms with E-state index in [4.69, 9.17) is 26.1 Å². The minimum atomic E-state index is -0.0480. The Hall–Kier alpha value is -3.51. The number of benzene rings is 3. The van der Waals surface area contributed by atoms with Crippen molar-refractivity contribution in [2.24, 2.45) is 0 Å². The van der Waals surface area contributed by atoms with Crippen LogP contribution in [0.2, 0.25) is 5.02 Å². The Bertz CT molecular complexity index is 1320. The van der Waals surface area contributed by atoms with E-state index in [1.54, 1.807) is 19.1 Å². The average molecular weight is 462 g/mol. The fraction of sp³-hybridized carbons (Fsp3) is 0.231. The minimum absolute atomic E-state index is 0.0386. The molecule has 0 aliphatic carbocycles. The van der Waals surface area contributed by atoms with Gasteiger partial charge in [-0.2, -0.15) is 0 Å². The van der Waals surface area contributed by atoms with E-state index in [9.17, 15) is 4.79 Å². The summed E-state index contributed by atoms with van der Waals surface area (Å²) in [4.78, 5) is 19.9. The number of para-hydroxylation sites is 2. The van der Waals surface area contributed by atoms with Crippen molar-refractivity contribution in [3.05, 3.63) is 83.1 Å². The van der Waals surface area contributed by atoms with Crippen molar-refractivity contribution in [2.75, 3.05) is 25.7 Å². The molecule has 1 fully saturated rings. The molecule has 1 aliphatic heterocycles. The summed E-state index contributed by atoms with van der Waals surface area (Å²) in [5, 5.41) is 0.707. The fourth-order valence-corrected chi connectivity index (χ4v) is 4.59. The van der Waals surface area contributed by atoms with Crippen LogP contribution < -0.4 is 14.4 Å². The number of ether oxygens (including phenoxy) is 2. The molecule has 7 heteroatoms. The highest BCUT2D eigenvalue weighted by atomic mass is 35.5. The number of methoxy groups -OCH3 is 2. The standard InChI is InChI=1S/C26H24ClN3O3/c1-32-20-11-12-24(33-2)23(14-20)29-16-18(13-25(29)31)26-28-21-5-3-4-6-22(21)30(26)15-17-7-9-19(27)10-8-17/h3-12,14,18H,13,15-16H2,1-2H3. The molecule has 0 saturated carbocycles. The molecule has 1 atom stereocenters. The number of carbonyl (C=O) groups excluding carboxylic acids is 1. The van der Waals surface area contributed by atoms with Crippen molar-refractivity contribution >= 4 is 34.2 Å². The third-order valence-corrected chi connectivity index (χ3v) is 6.36. The second-order valence-electron chi connectivity index (χ2n) is 8.11. The lowest BCUT2D eigenvalue weighted by atomic mass is 10.1. The largest absolute Gasteiger partial charge is 0.497 e. The Morgan fingerprint density at radius 3 is 2.58 bits per heavy atom. The first kappa shape index (κ1) is 21.3. The molecule has 0 radical (unpaired) electrons. The number of fused-ring (bicyclic) bond motifs is 1. The van der Waals surface area contributed by atoms with E-state index in [1.165, 1.54) is 0 Å². The summed E-state index contributed by atoms with van der Waals surface area (Å²) >= 11 is 6.08. The molecule has 6 nitrogen and oxygen atoms in total. The molecule has 1 saturated heterocycles. The van der Waals surface area contributed by atoms with Gasteiger partial charge < -0.3 is 18.9 Å². The Morgan fingerprint density at radius 2 is 1.82 bits per heavy atom. The SMILES string of the molecule is COc1ccc(OC)c(N2CC(c3nc4ccccc4n3Cc3ccc(Cl)cc3)CC2=O)c1. The van der Waals surface area contributed by atoms with Crippen LogP contribution >= 0.6 is 11.6 Å². The first-order chi connectivity index (χ1) is 16.1. The Morgan fingerprint density at radius 1 is 1.03 bits per heavy atom. The lowest BCUT2D eigenvalue weighted by Crippen LogP contribution is -2.25. The molecule has 4 aromatic rings. The number of amides is 1. The second kappa shape index (κ2) is 8.79. The summed E-state index contributed by atoms with van der Waals surface area (Å²) in [6, 6.07) is 21.4. The number of nitrogens with zero attached hydrogens (tertiary/aromatic N) is 3. The molecule has 33 heavy (non-hydrogen) atoms. The third kappa shape index (κ3) is 4.02. The van der Waals surface area contributed by atoms with Gasteiger partial charge in [0.05, 0.1) is 30.9 Å². The normalized spacial score (nSPS) is 15.9. The topological polar surface area (TPSA) is 56.6 Å². The zero-order valence-corrected chi connectivity index (χ0v) is 19.2. The van der Waals surface area contributed by atoms with Gasteiger partial charge in [-0.1, -0.05) is 35.9 Å². The van der Waals surface area contributed by atoms with Crippen LogP contribution in [0.3, 0.4) is 0 Å². The summed E-state index contributed by atoms with van der Waals surface area (Å²) in [6.07, 6.45) is 0.379. The summed E-state index contributed by atoms with van der Waals surface area (Å²) in [7, 11) is 3.22. The van der Waals surface area contributed by atoms with Crippen LogP contribution in [-0.2, 0) is 11.3 Å². The average Bonchev–Trinajstić information content (AvgIpc) is 3.40. The number of anilines is 1. The van der Waals surface area contributed by atoms with Crippen LogP contribution in [0.1, 0.15) is 23.7 Å². The molecular weight excluding hydrogens is 438 g/mol. The van der Waals surface area contributed by atoms with Crippen molar-refractivity contribution < 1.29 is 14.3 Å². The smallest absolute Gasteiger partial charge is 0.227 e. The Balaban J connectivity index is 1.52. The van der Waals surface area contributed by atoms with E-state index in [-0.39, 0.29) is 11.8 Å². The van der Waals surface area contributed by atoms with Crippen LogP contribution in [0.15, 0.2) is 66.7 Å². The molecule has 0 bridgehead atoms. The van der Waals surface area contributed by atoms with Gasteiger partial charge in [-0.05, 0) is 42.0 Å². The van der Waals surface area contributed by atoms with Crippen LogP contribution in [0, 0.1) is 0 Å². The first-order valence-electron chi connectivity index (χ1n) is 10.8. The van der Waals surface area contributed by atoms with Crippen LogP contribution in [0.4, 0.5) is 5.69 Å². The number of imidazole rings is 1. The van der Waals surface area contributed by atoms with Crippen molar-refractivity contribution in [3.63, 3.8) is 0 Å². The molecule has 5 rings (SSSR count). The first-order valence-corrected chi connectivity index (χ1v) is 11.2. The lowest BCUT2D eigenvalue weighted by molar-refractivity contribution is -0.117. The van der Waals surface area contributed by atoms with Crippen LogP contribution in [0.25, 0.3) is 11.0 Å². The molecule has 1 unspecified atom stereocenters. The quantitative estimate of drug-likeness (QED) is 0.392. The summed E-state index contributed by atoms with van der Waals surface area (Å²) in [6.45, 7) is 1.17. The molecule has 0 spiro atoms. The predicted molar refractivity (Wildman–Crippen MR) is 130 cm³/mol. The molecule has 1 aromatic heterocycles. The number of carbonyl (C=O) groups is 1. The maximum absolute atomic E-state index is 13.1. The highest BCUT2D eigenvalue weighted by molar-refractivity contribution is 6.30. The molecule has 2 heterocycles. The van der Waals surface area contributed by atoms with Crippen LogP contribution in [0.5, 0.6) is 11.5 Å². The number of halogens is 1. The summed E-state index contributed by atoms with van der Waals surface area (Å²) in [5.74, 6) is 2.21. The van der Waals surface area contributed by atoms with Gasteiger partial charge in [0.1, 0.15) is 17.3 Å². The van der Waals surface area contributed by atoms with Gasteiger partial charge >= 0.3 is 0 Å². The summed E-state index contributed by atoms with van der Waals surface area (Å²) in [5.41, 5.74) is 3.81. The summed E-state index contributed by atoms with van der Waals surface area (Å²) < 4.78 is 13.1. The predicted octanol–water partition coefficient (Wildman–Crippen LogP) is 5.28. The van der Waals surface area contributed by atoms with E-state index in [1.807, 2.05) is 60.7 Å². The van der Waals surface area contributed by atoms with Gasteiger partial charge in [-0.15, -0.1) is 0 Å². The van der Waals surface area contributed by atoms with E-state index >= 15 is 0 Å². The van der Waals surface area contributed by atoms with E-state index in [0.29, 0.717) is 41.7 Å². The van der Waals surface area contributed by atoms with Gasteiger partial charge in [0, 0.05) is 36.5 Å². The zero-order chi connectivity index (χ0) is 22.9. The van der Waals surface area contributed by atoms with E-state index in [0.717, 1.165) is 22.4 Å². The van der Waals surface area contributed by atoms with E-state index < -0.39 is 0 Å². The van der Waals surface area contributed by atoms with Gasteiger partial charge in [0.2, 0.25) is 5.91 Å². The highest BCUT2D eigenvalue weighted by Gasteiger charge is 2.36. The zero-order valence-electron chi connectivity index (χ0n) is 18.5. The van der Waals surface area contributed by atoms with Gasteiger partial charge in [0.15, 0.2) is 0 Å². The van der Waals surface area contributed by atoms with Crippen molar-refractivity contribution in [1.82, 2.24) is 9.55 Å². The van der Waals surface area contributed by atoms with Crippen molar-refractivity contribution in [3.8, 4) is 11.5 Å². The van der Waals surface area contributed by atoms with Gasteiger partial charge in [0.25, 0.3) is 0 Å². The van der Waals surface area contributed by atoms with Gasteiger partial charge in [-0.25, -0.2) is 4.98 Å². The minimum Gasteiger partial charge on any atom is -0.497 e. The third-order valence-electron chi connectivity index (χ3n) is 6.11. The lowest BCUT2D eigenvalue weighted by Gasteiger charge is -2.20. The molecule has 1 aliphatic rings. The Kier molecular flexibility index (Phi) is 5.68. The monoisotopic (exact) mass is 461 g/mol. The number of hydrogen-bond donors (Lipinski definition) is 0. The number of rotatable bonds is 6. The Labute approximate surface area is 197 Å². The highest BCUT2D eigenvalue weighted by Crippen LogP contribution is 2.39.